The van der Waals surface area contributed by atoms with Crippen molar-refractivity contribution in [2.45, 2.75) is 25.7 Å². The van der Waals surface area contributed by atoms with E-state index >= 15 is 0 Å². The van der Waals surface area contributed by atoms with Gasteiger partial charge in [-0.3, -0.25) is 19.6 Å². The second kappa shape index (κ2) is 7.33. The summed E-state index contributed by atoms with van der Waals surface area (Å²) < 4.78 is 1.71. The second-order valence-corrected chi connectivity index (χ2v) is 7.73. The molecule has 0 bridgehead atoms. The van der Waals surface area contributed by atoms with E-state index in [4.69, 9.17) is 9.97 Å². The number of aromatic nitrogens is 7. The molecule has 1 N–H and O–H groups in total. The molecule has 0 amide bonds. The third-order valence-electron chi connectivity index (χ3n) is 5.39. The van der Waals surface area contributed by atoms with Crippen LogP contribution >= 0.6 is 0 Å². The lowest BCUT2D eigenvalue weighted by molar-refractivity contribution is -0.117. The molecule has 0 aromatic carbocycles. The molecule has 152 valence electrons. The predicted molar refractivity (Wildman–Crippen MR) is 112 cm³/mol. The van der Waals surface area contributed by atoms with E-state index in [1.165, 1.54) is 0 Å². The van der Waals surface area contributed by atoms with E-state index in [2.05, 4.69) is 20.3 Å². The molecular formula is C21H22N8O. The molecule has 0 spiro atoms. The van der Waals surface area contributed by atoms with Crippen molar-refractivity contribution in [2.75, 3.05) is 18.5 Å². The largest absolute Gasteiger partial charge is 0.352 e. The zero-order valence-corrected chi connectivity index (χ0v) is 17.0. The Bertz CT molecular complexity index is 1240. The number of likely N-dealkylation sites (N-methyl/N-ethyl adjacent to an activating group) is 1. The van der Waals surface area contributed by atoms with Crippen molar-refractivity contribution >= 4 is 22.5 Å². The van der Waals surface area contributed by atoms with Crippen molar-refractivity contribution < 1.29 is 4.79 Å². The minimum absolute atomic E-state index is 0.0982. The maximum atomic E-state index is 12.6. The van der Waals surface area contributed by atoms with Gasteiger partial charge >= 0.3 is 0 Å². The van der Waals surface area contributed by atoms with Gasteiger partial charge in [0.1, 0.15) is 11.5 Å². The molecule has 0 radical (unpaired) electrons. The van der Waals surface area contributed by atoms with Crippen LogP contribution in [0, 0.1) is 0 Å². The number of hydrogen-bond acceptors (Lipinski definition) is 7. The SMILES string of the molecule is CN(CC(=O)Cc1ccn(C)n1)c1nc(-c2cc3cn[nH]c3cn2)nc2c1CCC2. The second-order valence-electron chi connectivity index (χ2n) is 7.73. The van der Waals surface area contributed by atoms with E-state index in [-0.39, 0.29) is 12.3 Å². The molecule has 0 atom stereocenters. The number of ketones is 1. The topological polar surface area (TPSA) is 105 Å². The molecule has 0 fully saturated rings. The number of fused-ring (bicyclic) bond motifs is 2. The van der Waals surface area contributed by atoms with Crippen LogP contribution in [0.1, 0.15) is 23.4 Å². The van der Waals surface area contributed by atoms with E-state index in [0.29, 0.717) is 17.9 Å². The van der Waals surface area contributed by atoms with Crippen LogP contribution in [-0.2, 0) is 31.1 Å². The summed E-state index contributed by atoms with van der Waals surface area (Å²) in [7, 11) is 3.76. The first-order valence-electron chi connectivity index (χ1n) is 9.97. The zero-order valence-electron chi connectivity index (χ0n) is 17.0. The van der Waals surface area contributed by atoms with Crippen LogP contribution in [0.4, 0.5) is 5.82 Å². The summed E-state index contributed by atoms with van der Waals surface area (Å²) in [6.45, 7) is 0.271. The van der Waals surface area contributed by atoms with Gasteiger partial charge in [-0.25, -0.2) is 9.97 Å². The van der Waals surface area contributed by atoms with Gasteiger partial charge in [-0.15, -0.1) is 0 Å². The van der Waals surface area contributed by atoms with Crippen molar-refractivity contribution in [3.05, 3.63) is 47.7 Å². The first kappa shape index (κ1) is 18.4. The minimum Gasteiger partial charge on any atom is -0.352 e. The number of nitrogens with zero attached hydrogens (tertiary/aromatic N) is 7. The maximum Gasteiger partial charge on any atom is 0.180 e. The highest BCUT2D eigenvalue weighted by molar-refractivity contribution is 5.85. The Labute approximate surface area is 173 Å². The predicted octanol–water partition coefficient (Wildman–Crippen LogP) is 1.89. The number of carbonyl (C=O) groups excluding carboxylic acids is 1. The van der Waals surface area contributed by atoms with Gasteiger partial charge in [0.25, 0.3) is 0 Å². The van der Waals surface area contributed by atoms with Gasteiger partial charge in [-0.2, -0.15) is 10.2 Å². The number of pyridine rings is 1. The zero-order chi connectivity index (χ0) is 20.7. The van der Waals surface area contributed by atoms with E-state index in [9.17, 15) is 4.79 Å². The number of anilines is 1. The highest BCUT2D eigenvalue weighted by Gasteiger charge is 2.23. The van der Waals surface area contributed by atoms with Gasteiger partial charge < -0.3 is 4.90 Å². The van der Waals surface area contributed by atoms with E-state index in [0.717, 1.165) is 52.9 Å². The molecule has 1 aliphatic carbocycles. The molecule has 30 heavy (non-hydrogen) atoms. The van der Waals surface area contributed by atoms with Crippen molar-refractivity contribution in [3.8, 4) is 11.5 Å². The van der Waals surface area contributed by atoms with E-state index in [1.54, 1.807) is 17.1 Å². The number of aryl methyl sites for hydroxylation is 2. The molecular weight excluding hydrogens is 380 g/mol. The number of hydrogen-bond donors (Lipinski definition) is 1. The van der Waals surface area contributed by atoms with Crippen molar-refractivity contribution in [2.24, 2.45) is 7.05 Å². The summed E-state index contributed by atoms with van der Waals surface area (Å²) in [5.41, 5.74) is 4.54. The Kier molecular flexibility index (Phi) is 4.50. The average molecular weight is 402 g/mol. The number of aromatic amines is 1. The lowest BCUT2D eigenvalue weighted by atomic mass is 10.2. The lowest BCUT2D eigenvalue weighted by Crippen LogP contribution is -2.29. The number of rotatable bonds is 6. The molecule has 0 saturated heterocycles. The lowest BCUT2D eigenvalue weighted by Gasteiger charge is -2.21. The highest BCUT2D eigenvalue weighted by Crippen LogP contribution is 2.31. The van der Waals surface area contributed by atoms with Crippen molar-refractivity contribution in [1.82, 2.24) is 34.9 Å². The van der Waals surface area contributed by atoms with Crippen LogP contribution in [0.15, 0.2) is 30.7 Å². The summed E-state index contributed by atoms with van der Waals surface area (Å²) in [5.74, 6) is 1.50. The number of nitrogens with one attached hydrogen (secondary N) is 1. The maximum absolute atomic E-state index is 12.6. The third kappa shape index (κ3) is 3.42. The van der Waals surface area contributed by atoms with Crippen LogP contribution < -0.4 is 4.90 Å². The molecule has 1 aliphatic rings. The molecule has 0 aliphatic heterocycles. The van der Waals surface area contributed by atoms with Gasteiger partial charge in [-0.05, 0) is 31.4 Å². The Balaban J connectivity index is 1.44. The summed E-state index contributed by atoms with van der Waals surface area (Å²) in [6.07, 6.45) is 8.55. The molecule has 4 heterocycles. The van der Waals surface area contributed by atoms with E-state index in [1.807, 2.05) is 37.3 Å². The number of H-pyrrole nitrogens is 1. The average Bonchev–Trinajstić information content (AvgIpc) is 3.46. The van der Waals surface area contributed by atoms with Crippen molar-refractivity contribution in [3.63, 3.8) is 0 Å². The van der Waals surface area contributed by atoms with Crippen LogP contribution in [0.25, 0.3) is 22.4 Å². The summed E-state index contributed by atoms with van der Waals surface area (Å²) in [5, 5.41) is 12.2. The number of carbonyl (C=O) groups is 1. The van der Waals surface area contributed by atoms with Crippen LogP contribution in [0.2, 0.25) is 0 Å². The molecule has 4 aromatic heterocycles. The Morgan fingerprint density at radius 3 is 3.00 bits per heavy atom. The fraction of sp³-hybridized carbons (Fsp3) is 0.333. The summed E-state index contributed by atoms with van der Waals surface area (Å²) in [4.78, 5) is 28.6. The molecule has 5 rings (SSSR count). The smallest absolute Gasteiger partial charge is 0.180 e. The summed E-state index contributed by atoms with van der Waals surface area (Å²) >= 11 is 0. The van der Waals surface area contributed by atoms with Gasteiger partial charge in [0, 0.05) is 36.9 Å². The van der Waals surface area contributed by atoms with Crippen LogP contribution in [0.3, 0.4) is 0 Å². The van der Waals surface area contributed by atoms with Crippen LogP contribution in [0.5, 0.6) is 0 Å². The monoisotopic (exact) mass is 402 g/mol. The summed E-state index contributed by atoms with van der Waals surface area (Å²) in [6, 6.07) is 3.81. The van der Waals surface area contributed by atoms with Gasteiger partial charge in [0.15, 0.2) is 11.6 Å². The molecule has 0 unspecified atom stereocenters. The Morgan fingerprint density at radius 1 is 1.27 bits per heavy atom. The molecule has 9 nitrogen and oxygen atoms in total. The van der Waals surface area contributed by atoms with Gasteiger partial charge in [-0.1, -0.05) is 0 Å². The normalized spacial score (nSPS) is 13.0. The van der Waals surface area contributed by atoms with Gasteiger partial charge in [0.05, 0.1) is 36.6 Å². The van der Waals surface area contributed by atoms with E-state index < -0.39 is 0 Å². The molecule has 9 heteroatoms. The Morgan fingerprint density at radius 2 is 2.17 bits per heavy atom. The number of Topliss-reactive ketones (excluding diaryl/α,β-unsaturated/α-hetero) is 1. The first-order chi connectivity index (χ1) is 14.6. The highest BCUT2D eigenvalue weighted by atomic mass is 16.1. The Hall–Kier alpha value is -3.62. The van der Waals surface area contributed by atoms with Gasteiger partial charge in [0.2, 0.25) is 0 Å². The molecule has 4 aromatic rings. The first-order valence-corrected chi connectivity index (χ1v) is 9.97. The third-order valence-corrected chi connectivity index (χ3v) is 5.39. The quantitative estimate of drug-likeness (QED) is 0.525. The molecule has 0 saturated carbocycles. The fourth-order valence-corrected chi connectivity index (χ4v) is 3.96. The fourth-order valence-electron chi connectivity index (χ4n) is 3.96. The van der Waals surface area contributed by atoms with Crippen molar-refractivity contribution in [1.29, 1.82) is 0 Å². The van der Waals surface area contributed by atoms with Crippen LogP contribution in [-0.4, -0.2) is 54.3 Å². The standard InChI is InChI=1S/C21H22N8O/c1-28(12-15(30)9-14-6-7-29(2)27-14)21-16-4-3-5-17(16)24-20(25-21)18-8-13-10-23-26-19(13)11-22-18/h6-8,10-11H,3-5,9,12H2,1-2H3,(H,23,26). The minimum atomic E-state index is 0.0982.